The van der Waals surface area contributed by atoms with Crippen LogP contribution in [-0.4, -0.2) is 25.0 Å². The maximum absolute atomic E-state index is 12.5. The number of hydrogen-bond acceptors (Lipinski definition) is 5. The van der Waals surface area contributed by atoms with Crippen LogP contribution in [0.15, 0.2) is 72.3 Å². The van der Waals surface area contributed by atoms with Gasteiger partial charge in [-0.2, -0.15) is 5.26 Å². The van der Waals surface area contributed by atoms with E-state index in [9.17, 15) is 14.9 Å². The first-order valence-corrected chi connectivity index (χ1v) is 11.7. The van der Waals surface area contributed by atoms with Crippen molar-refractivity contribution in [2.24, 2.45) is 0 Å². The molecule has 0 aromatic heterocycles. The highest BCUT2D eigenvalue weighted by atomic mass is 35.5. The van der Waals surface area contributed by atoms with Gasteiger partial charge in [0.1, 0.15) is 11.6 Å². The Morgan fingerprint density at radius 3 is 2.44 bits per heavy atom. The maximum atomic E-state index is 12.5. The Kier molecular flexibility index (Phi) is 9.75. The maximum Gasteiger partial charge on any atom is 0.262 e. The normalized spacial score (nSPS) is 10.8. The minimum Gasteiger partial charge on any atom is -0.490 e. The van der Waals surface area contributed by atoms with Crippen molar-refractivity contribution in [1.82, 2.24) is 5.32 Å². The second kappa shape index (κ2) is 13.2. The number of ether oxygens (including phenoxy) is 2. The predicted octanol–water partition coefficient (Wildman–Crippen LogP) is 5.63. The van der Waals surface area contributed by atoms with E-state index in [4.69, 9.17) is 32.7 Å². The first kappa shape index (κ1) is 26.6. The fourth-order valence-electron chi connectivity index (χ4n) is 3.10. The van der Waals surface area contributed by atoms with Crippen molar-refractivity contribution in [3.8, 4) is 17.6 Å². The van der Waals surface area contributed by atoms with Gasteiger partial charge in [-0.05, 0) is 54.5 Å². The summed E-state index contributed by atoms with van der Waals surface area (Å²) in [6, 6.07) is 21.0. The SMILES string of the molecule is CCOc1cc(/C=C(\C#N)C(=O)NCc2ccccc2)ccc1OCC(=O)Nc1ccc(Cl)c(Cl)c1. The summed E-state index contributed by atoms with van der Waals surface area (Å²) in [7, 11) is 0. The first-order chi connectivity index (χ1) is 17.4. The number of carbonyl (C=O) groups is 2. The van der Waals surface area contributed by atoms with Crippen LogP contribution < -0.4 is 20.1 Å². The number of nitrogens with one attached hydrogen (secondary N) is 2. The van der Waals surface area contributed by atoms with Crippen LogP contribution >= 0.6 is 23.2 Å². The number of hydrogen-bond donors (Lipinski definition) is 2. The summed E-state index contributed by atoms with van der Waals surface area (Å²) >= 11 is 11.9. The molecule has 0 heterocycles. The highest BCUT2D eigenvalue weighted by molar-refractivity contribution is 6.42. The van der Waals surface area contributed by atoms with Crippen molar-refractivity contribution >= 4 is 46.8 Å². The summed E-state index contributed by atoms with van der Waals surface area (Å²) in [6.07, 6.45) is 1.46. The smallest absolute Gasteiger partial charge is 0.262 e. The molecule has 0 saturated heterocycles. The molecule has 7 nitrogen and oxygen atoms in total. The monoisotopic (exact) mass is 523 g/mol. The van der Waals surface area contributed by atoms with Crippen molar-refractivity contribution in [2.45, 2.75) is 13.5 Å². The molecule has 3 aromatic rings. The summed E-state index contributed by atoms with van der Waals surface area (Å²) in [5.41, 5.74) is 1.92. The van der Waals surface area contributed by atoms with E-state index in [-0.39, 0.29) is 12.2 Å². The summed E-state index contributed by atoms with van der Waals surface area (Å²) in [4.78, 5) is 24.8. The van der Waals surface area contributed by atoms with Crippen LogP contribution in [0.2, 0.25) is 10.0 Å². The summed E-state index contributed by atoms with van der Waals surface area (Å²) in [5.74, 6) is -0.179. The van der Waals surface area contributed by atoms with E-state index in [0.717, 1.165) is 5.56 Å². The third kappa shape index (κ3) is 7.77. The van der Waals surface area contributed by atoms with Crippen molar-refractivity contribution in [2.75, 3.05) is 18.5 Å². The molecule has 0 saturated carbocycles. The number of rotatable bonds is 10. The molecule has 0 bridgehead atoms. The molecule has 0 aliphatic rings. The number of halogens is 2. The van der Waals surface area contributed by atoms with Gasteiger partial charge in [-0.3, -0.25) is 9.59 Å². The zero-order chi connectivity index (χ0) is 25.9. The third-order valence-electron chi connectivity index (χ3n) is 4.80. The van der Waals surface area contributed by atoms with E-state index < -0.39 is 11.8 Å². The van der Waals surface area contributed by atoms with Gasteiger partial charge in [-0.15, -0.1) is 0 Å². The van der Waals surface area contributed by atoms with Crippen LogP contribution in [0.1, 0.15) is 18.1 Å². The molecule has 0 aliphatic heterocycles. The molecule has 0 aliphatic carbocycles. The lowest BCUT2D eigenvalue weighted by Crippen LogP contribution is -2.23. The quantitative estimate of drug-likeness (QED) is 0.264. The fourth-order valence-corrected chi connectivity index (χ4v) is 3.40. The molecular weight excluding hydrogens is 501 g/mol. The molecule has 0 fully saturated rings. The Balaban J connectivity index is 1.66. The topological polar surface area (TPSA) is 100 Å². The Morgan fingerprint density at radius 1 is 0.972 bits per heavy atom. The predicted molar refractivity (Wildman–Crippen MR) is 140 cm³/mol. The zero-order valence-electron chi connectivity index (χ0n) is 19.4. The Morgan fingerprint density at radius 2 is 1.75 bits per heavy atom. The Labute approximate surface area is 219 Å². The van der Waals surface area contributed by atoms with Gasteiger partial charge in [0, 0.05) is 12.2 Å². The molecule has 184 valence electrons. The molecule has 2 N–H and O–H groups in total. The van der Waals surface area contributed by atoms with Crippen molar-refractivity contribution in [3.63, 3.8) is 0 Å². The summed E-state index contributed by atoms with van der Waals surface area (Å²) in [5, 5.41) is 15.6. The van der Waals surface area contributed by atoms with Crippen LogP contribution in [0, 0.1) is 11.3 Å². The fraction of sp³-hybridized carbons (Fsp3) is 0.148. The van der Waals surface area contributed by atoms with Crippen LogP contribution in [0.4, 0.5) is 5.69 Å². The van der Waals surface area contributed by atoms with E-state index in [1.807, 2.05) is 36.4 Å². The minimum atomic E-state index is -0.487. The summed E-state index contributed by atoms with van der Waals surface area (Å²) < 4.78 is 11.3. The van der Waals surface area contributed by atoms with Gasteiger partial charge >= 0.3 is 0 Å². The van der Waals surface area contributed by atoms with Crippen molar-refractivity contribution in [3.05, 3.63) is 93.5 Å². The average molecular weight is 524 g/mol. The van der Waals surface area contributed by atoms with Gasteiger partial charge in [0.2, 0.25) is 0 Å². The van der Waals surface area contributed by atoms with Gasteiger partial charge in [0.15, 0.2) is 18.1 Å². The molecule has 0 atom stereocenters. The molecule has 0 unspecified atom stereocenters. The molecule has 3 rings (SSSR count). The third-order valence-corrected chi connectivity index (χ3v) is 5.54. The van der Waals surface area contributed by atoms with Crippen molar-refractivity contribution < 1.29 is 19.1 Å². The number of amides is 2. The molecule has 0 radical (unpaired) electrons. The molecule has 0 spiro atoms. The summed E-state index contributed by atoms with van der Waals surface area (Å²) in [6.45, 7) is 2.18. The van der Waals surface area contributed by atoms with Crippen LogP contribution in [0.5, 0.6) is 11.5 Å². The van der Waals surface area contributed by atoms with E-state index in [0.29, 0.717) is 45.9 Å². The van der Waals surface area contributed by atoms with Gasteiger partial charge in [0.25, 0.3) is 11.8 Å². The van der Waals surface area contributed by atoms with Crippen LogP contribution in [0.3, 0.4) is 0 Å². The van der Waals surface area contributed by atoms with Crippen LogP contribution in [-0.2, 0) is 16.1 Å². The highest BCUT2D eigenvalue weighted by Gasteiger charge is 2.13. The lowest BCUT2D eigenvalue weighted by atomic mass is 10.1. The first-order valence-electron chi connectivity index (χ1n) is 11.0. The van der Waals surface area contributed by atoms with E-state index >= 15 is 0 Å². The molecule has 9 heteroatoms. The number of anilines is 1. The largest absolute Gasteiger partial charge is 0.490 e. The van der Waals surface area contributed by atoms with Crippen LogP contribution in [0.25, 0.3) is 6.08 Å². The second-order valence-electron chi connectivity index (χ2n) is 7.44. The molecule has 2 amide bonds. The number of nitriles is 1. The minimum absolute atomic E-state index is 0.0527. The Bertz CT molecular complexity index is 1300. The van der Waals surface area contributed by atoms with Crippen molar-refractivity contribution in [1.29, 1.82) is 5.26 Å². The molecular formula is C27H23Cl2N3O4. The van der Waals surface area contributed by atoms with Gasteiger partial charge in [0.05, 0.1) is 16.7 Å². The highest BCUT2D eigenvalue weighted by Crippen LogP contribution is 2.30. The standard InChI is InChI=1S/C27H23Cl2N3O4/c1-2-35-25-13-19(12-20(15-30)27(34)31-16-18-6-4-3-5-7-18)8-11-24(25)36-17-26(33)32-21-9-10-22(28)23(29)14-21/h3-14H,2,16-17H2,1H3,(H,31,34)(H,32,33)/b20-12+. The molecule has 36 heavy (non-hydrogen) atoms. The average Bonchev–Trinajstić information content (AvgIpc) is 2.88. The lowest BCUT2D eigenvalue weighted by Gasteiger charge is -2.13. The second-order valence-corrected chi connectivity index (χ2v) is 8.26. The zero-order valence-corrected chi connectivity index (χ0v) is 20.9. The number of benzene rings is 3. The van der Waals surface area contributed by atoms with E-state index in [1.54, 1.807) is 37.3 Å². The number of carbonyl (C=O) groups excluding carboxylic acids is 2. The van der Waals surface area contributed by atoms with E-state index in [2.05, 4.69) is 10.6 Å². The van der Waals surface area contributed by atoms with E-state index in [1.165, 1.54) is 12.1 Å². The number of nitrogens with zero attached hydrogens (tertiary/aromatic N) is 1. The molecule has 3 aromatic carbocycles. The van der Waals surface area contributed by atoms with Gasteiger partial charge in [-0.25, -0.2) is 0 Å². The van der Waals surface area contributed by atoms with Gasteiger partial charge in [-0.1, -0.05) is 59.6 Å². The Hall–Kier alpha value is -3.99. The lowest BCUT2D eigenvalue weighted by molar-refractivity contribution is -0.118. The van der Waals surface area contributed by atoms with Gasteiger partial charge < -0.3 is 20.1 Å².